The molecule has 1 saturated heterocycles. The van der Waals surface area contributed by atoms with Crippen molar-refractivity contribution in [2.24, 2.45) is 0 Å². The first kappa shape index (κ1) is 17.3. The Balaban J connectivity index is 1.74. The van der Waals surface area contributed by atoms with Crippen LogP contribution in [0.4, 0.5) is 10.5 Å². The van der Waals surface area contributed by atoms with E-state index in [2.05, 4.69) is 10.6 Å². The normalized spacial score (nSPS) is 21.2. The topological polar surface area (TPSA) is 93.7 Å². The van der Waals surface area contributed by atoms with Crippen LogP contribution >= 0.6 is 11.8 Å². The molecule has 132 valence electrons. The summed E-state index contributed by atoms with van der Waals surface area (Å²) in [4.78, 5) is 35.2. The highest BCUT2D eigenvalue weighted by molar-refractivity contribution is 8.18. The third-order valence-corrected chi connectivity index (χ3v) is 4.17. The predicted molar refractivity (Wildman–Crippen MR) is 94.3 cm³/mol. The highest BCUT2D eigenvalue weighted by Gasteiger charge is 2.30. The van der Waals surface area contributed by atoms with Crippen LogP contribution in [0.1, 0.15) is 26.3 Å². The number of hydrogen-bond acceptors (Lipinski definition) is 7. The molecule has 1 fully saturated rings. The maximum Gasteiger partial charge on any atom is 0.349 e. The van der Waals surface area contributed by atoms with Crippen molar-refractivity contribution in [3.05, 3.63) is 28.7 Å². The van der Waals surface area contributed by atoms with Gasteiger partial charge in [0, 0.05) is 0 Å². The maximum absolute atomic E-state index is 12.1. The fourth-order valence-corrected chi connectivity index (χ4v) is 3.03. The highest BCUT2D eigenvalue weighted by atomic mass is 32.2. The molecule has 0 saturated carbocycles. The highest BCUT2D eigenvalue weighted by Crippen LogP contribution is 2.33. The summed E-state index contributed by atoms with van der Waals surface area (Å²) in [5, 5.41) is 4.97. The number of fused-ring (bicyclic) bond motifs is 1. The molecule has 2 N–H and O–H groups in total. The molecule has 0 radical (unpaired) electrons. The number of carbonyl (C=O) groups is 3. The molecule has 2 aliphatic heterocycles. The molecule has 1 aromatic rings. The Labute approximate surface area is 149 Å². The van der Waals surface area contributed by atoms with Crippen LogP contribution in [0.5, 0.6) is 5.75 Å². The Hall–Kier alpha value is -2.48. The molecule has 7 nitrogen and oxygen atoms in total. The van der Waals surface area contributed by atoms with E-state index in [-0.39, 0.29) is 11.8 Å². The van der Waals surface area contributed by atoms with Crippen molar-refractivity contribution in [1.29, 1.82) is 0 Å². The standard InChI is InChI=1S/C17H18N2O5S/c1-17(2,3)24-15(21)12-8-18-10-6-9(4-5-11(10)23-12)7-13-14(20)19-16(22)25-13/h4-7,12,18H,8H2,1-3H3,(H,19,20,22). The number of imide groups is 1. The second-order valence-electron chi connectivity index (χ2n) is 6.63. The van der Waals surface area contributed by atoms with E-state index >= 15 is 0 Å². The van der Waals surface area contributed by atoms with Gasteiger partial charge in [0.05, 0.1) is 17.1 Å². The minimum absolute atomic E-state index is 0.287. The summed E-state index contributed by atoms with van der Waals surface area (Å²) in [5.41, 5.74) is 0.884. The van der Waals surface area contributed by atoms with Crippen LogP contribution in [0.15, 0.2) is 23.1 Å². The number of esters is 1. The summed E-state index contributed by atoms with van der Waals surface area (Å²) in [6.45, 7) is 5.69. The molecule has 1 unspecified atom stereocenters. The van der Waals surface area contributed by atoms with Gasteiger partial charge in [-0.05, 0) is 56.3 Å². The first-order chi connectivity index (χ1) is 11.7. The number of ether oxygens (including phenoxy) is 2. The molecule has 8 heteroatoms. The maximum atomic E-state index is 12.1. The number of hydrogen-bond donors (Lipinski definition) is 2. The van der Waals surface area contributed by atoms with Gasteiger partial charge < -0.3 is 14.8 Å². The van der Waals surface area contributed by atoms with E-state index in [0.29, 0.717) is 16.3 Å². The van der Waals surface area contributed by atoms with E-state index < -0.39 is 23.6 Å². The van der Waals surface area contributed by atoms with E-state index in [4.69, 9.17) is 9.47 Å². The fraction of sp³-hybridized carbons (Fsp3) is 0.353. The van der Waals surface area contributed by atoms with Gasteiger partial charge in [0.1, 0.15) is 11.4 Å². The smallest absolute Gasteiger partial charge is 0.349 e. The van der Waals surface area contributed by atoms with Gasteiger partial charge in [-0.15, -0.1) is 0 Å². The molecule has 0 bridgehead atoms. The number of rotatable bonds is 2. The summed E-state index contributed by atoms with van der Waals surface area (Å²) in [6, 6.07) is 5.26. The lowest BCUT2D eigenvalue weighted by Crippen LogP contribution is -2.41. The van der Waals surface area contributed by atoms with Gasteiger partial charge in [-0.2, -0.15) is 0 Å². The zero-order valence-corrected chi connectivity index (χ0v) is 14.9. The lowest BCUT2D eigenvalue weighted by molar-refractivity contribution is -0.162. The van der Waals surface area contributed by atoms with E-state index in [1.165, 1.54) is 0 Å². The molecule has 2 amide bonds. The molecule has 0 spiro atoms. The van der Waals surface area contributed by atoms with Crippen LogP contribution in [0.2, 0.25) is 0 Å². The largest absolute Gasteiger partial charge is 0.475 e. The molecule has 2 heterocycles. The van der Waals surface area contributed by atoms with Crippen LogP contribution in [-0.4, -0.2) is 35.4 Å². The van der Waals surface area contributed by atoms with Crippen molar-refractivity contribution in [1.82, 2.24) is 5.32 Å². The van der Waals surface area contributed by atoms with Crippen LogP contribution in [-0.2, 0) is 14.3 Å². The van der Waals surface area contributed by atoms with Gasteiger partial charge in [0.25, 0.3) is 11.1 Å². The second kappa shape index (κ2) is 6.44. The zero-order valence-electron chi connectivity index (χ0n) is 14.0. The van der Waals surface area contributed by atoms with Crippen LogP contribution in [0, 0.1) is 0 Å². The second-order valence-corrected chi connectivity index (χ2v) is 7.64. The predicted octanol–water partition coefficient (Wildman–Crippen LogP) is 2.53. The van der Waals surface area contributed by atoms with Crippen molar-refractivity contribution in [2.45, 2.75) is 32.5 Å². The van der Waals surface area contributed by atoms with Crippen molar-refractivity contribution in [3.8, 4) is 5.75 Å². The number of carbonyl (C=O) groups excluding carboxylic acids is 3. The number of amides is 2. The molecule has 1 atom stereocenters. The monoisotopic (exact) mass is 362 g/mol. The summed E-state index contributed by atoms with van der Waals surface area (Å²) >= 11 is 0.864. The van der Waals surface area contributed by atoms with E-state index in [1.54, 1.807) is 45.0 Å². The SMILES string of the molecule is CC(C)(C)OC(=O)C1CNc2cc(C=C3SC(=O)NC3=O)ccc2O1. The molecule has 1 aromatic carbocycles. The van der Waals surface area contributed by atoms with Crippen molar-refractivity contribution in [2.75, 3.05) is 11.9 Å². The Bertz CT molecular complexity index is 782. The van der Waals surface area contributed by atoms with Gasteiger partial charge in [0.2, 0.25) is 6.10 Å². The van der Waals surface area contributed by atoms with Crippen LogP contribution in [0.25, 0.3) is 6.08 Å². The fourth-order valence-electron chi connectivity index (χ4n) is 2.35. The molecular formula is C17H18N2O5S. The number of nitrogens with one attached hydrogen (secondary N) is 2. The summed E-state index contributed by atoms with van der Waals surface area (Å²) in [5.74, 6) is -0.292. The Morgan fingerprint density at radius 3 is 2.76 bits per heavy atom. The first-order valence-electron chi connectivity index (χ1n) is 7.73. The Morgan fingerprint density at radius 2 is 2.12 bits per heavy atom. The van der Waals surface area contributed by atoms with Crippen molar-refractivity contribution in [3.63, 3.8) is 0 Å². The minimum atomic E-state index is -0.718. The molecule has 2 aliphatic rings. The average Bonchev–Trinajstić information content (AvgIpc) is 2.82. The van der Waals surface area contributed by atoms with Crippen LogP contribution < -0.4 is 15.4 Å². The number of thioether (sulfide) groups is 1. The van der Waals surface area contributed by atoms with Crippen LogP contribution in [0.3, 0.4) is 0 Å². The number of anilines is 1. The number of benzene rings is 1. The Kier molecular flexibility index (Phi) is 4.47. The lowest BCUT2D eigenvalue weighted by atomic mass is 10.1. The summed E-state index contributed by atoms with van der Waals surface area (Å²) in [6.07, 6.45) is 0.914. The van der Waals surface area contributed by atoms with Crippen molar-refractivity contribution < 1.29 is 23.9 Å². The molecule has 0 aliphatic carbocycles. The van der Waals surface area contributed by atoms with Gasteiger partial charge in [-0.25, -0.2) is 4.79 Å². The first-order valence-corrected chi connectivity index (χ1v) is 8.55. The van der Waals surface area contributed by atoms with Crippen molar-refractivity contribution >= 4 is 40.6 Å². The van der Waals surface area contributed by atoms with Gasteiger partial charge in [-0.3, -0.25) is 14.9 Å². The average molecular weight is 362 g/mol. The molecule has 0 aromatic heterocycles. The molecular weight excluding hydrogens is 344 g/mol. The van der Waals surface area contributed by atoms with E-state index in [1.807, 2.05) is 0 Å². The molecule has 3 rings (SSSR count). The van der Waals surface area contributed by atoms with Gasteiger partial charge in [0.15, 0.2) is 0 Å². The van der Waals surface area contributed by atoms with Gasteiger partial charge in [-0.1, -0.05) is 6.07 Å². The Morgan fingerprint density at radius 1 is 1.36 bits per heavy atom. The third-order valence-electron chi connectivity index (χ3n) is 3.36. The van der Waals surface area contributed by atoms with E-state index in [9.17, 15) is 14.4 Å². The van der Waals surface area contributed by atoms with Gasteiger partial charge >= 0.3 is 5.97 Å². The minimum Gasteiger partial charge on any atom is -0.475 e. The third kappa shape index (κ3) is 4.14. The van der Waals surface area contributed by atoms with E-state index in [0.717, 1.165) is 17.3 Å². The summed E-state index contributed by atoms with van der Waals surface area (Å²) in [7, 11) is 0. The summed E-state index contributed by atoms with van der Waals surface area (Å²) < 4.78 is 11.0. The quantitative estimate of drug-likeness (QED) is 0.617. The molecule has 25 heavy (non-hydrogen) atoms. The zero-order chi connectivity index (χ0) is 18.2. The lowest BCUT2D eigenvalue weighted by Gasteiger charge is -2.29.